The third-order valence-corrected chi connectivity index (χ3v) is 9.44. The molecule has 0 radical (unpaired) electrons. The van der Waals surface area contributed by atoms with Crippen LogP contribution in [0.15, 0.2) is 61.4 Å². The number of pyridine rings is 2. The normalized spacial score (nSPS) is 22.8. The van der Waals surface area contributed by atoms with Gasteiger partial charge in [-0.1, -0.05) is 12.6 Å². The quantitative estimate of drug-likeness (QED) is 0.157. The van der Waals surface area contributed by atoms with Gasteiger partial charge in [0.15, 0.2) is 5.78 Å². The van der Waals surface area contributed by atoms with Crippen molar-refractivity contribution in [2.75, 3.05) is 5.73 Å². The maximum absolute atomic E-state index is 14.0. The van der Waals surface area contributed by atoms with E-state index in [1.165, 1.54) is 23.6 Å². The summed E-state index contributed by atoms with van der Waals surface area (Å²) in [4.78, 5) is 48.7. The number of hydrogen-bond donors (Lipinski definition) is 5. The van der Waals surface area contributed by atoms with E-state index < -0.39 is 17.4 Å². The molecule has 1 saturated carbocycles. The smallest absolute Gasteiger partial charge is 0.262 e. The molecule has 2 aliphatic rings. The average Bonchev–Trinajstić information content (AvgIpc) is 3.62. The molecule has 11 nitrogen and oxygen atoms in total. The summed E-state index contributed by atoms with van der Waals surface area (Å²) in [5.41, 5.74) is 20.5. The third kappa shape index (κ3) is 4.73. The van der Waals surface area contributed by atoms with Crippen LogP contribution in [0.2, 0.25) is 0 Å². The van der Waals surface area contributed by atoms with Crippen LogP contribution in [0.25, 0.3) is 10.1 Å². The number of aryl methyl sites for hydroxylation is 1. The SMILES string of the molecule is C=CC(=O)N[C@H]1CCC[C@H]1NC(=O)c1sc2c(N)ccc3c2c1C(N)C(=O)C3(N)c1ccc(Oc2cccnc2C)cn1. The van der Waals surface area contributed by atoms with Gasteiger partial charge >= 0.3 is 0 Å². The Morgan fingerprint density at radius 3 is 2.60 bits per heavy atom. The lowest BCUT2D eigenvalue weighted by Gasteiger charge is -2.35. The van der Waals surface area contributed by atoms with Crippen molar-refractivity contribution >= 4 is 44.7 Å². The minimum atomic E-state index is -1.69. The second kappa shape index (κ2) is 10.9. The van der Waals surface area contributed by atoms with Crippen molar-refractivity contribution in [2.24, 2.45) is 11.5 Å². The van der Waals surface area contributed by atoms with Gasteiger partial charge in [0.2, 0.25) is 5.91 Å². The average molecular weight is 598 g/mol. The number of anilines is 1. The summed E-state index contributed by atoms with van der Waals surface area (Å²) in [7, 11) is 0. The number of rotatable bonds is 7. The van der Waals surface area contributed by atoms with Crippen LogP contribution in [0.4, 0.5) is 5.69 Å². The molecule has 8 N–H and O–H groups in total. The Bertz CT molecular complexity index is 1790. The summed E-state index contributed by atoms with van der Waals surface area (Å²) < 4.78 is 6.53. The van der Waals surface area contributed by atoms with Gasteiger partial charge in [-0.2, -0.15) is 0 Å². The molecule has 0 aliphatic heterocycles. The molecule has 2 unspecified atom stereocenters. The summed E-state index contributed by atoms with van der Waals surface area (Å²) in [6.45, 7) is 5.33. The van der Waals surface area contributed by atoms with Crippen LogP contribution in [-0.4, -0.2) is 39.6 Å². The Hall–Kier alpha value is -4.65. The number of carbonyl (C=O) groups excluding carboxylic acids is 3. The molecule has 4 atom stereocenters. The summed E-state index contributed by atoms with van der Waals surface area (Å²) in [5, 5.41) is 6.51. The van der Waals surface area contributed by atoms with E-state index in [2.05, 4.69) is 27.2 Å². The van der Waals surface area contributed by atoms with Gasteiger partial charge in [0.05, 0.1) is 33.2 Å². The molecule has 2 amide bonds. The predicted octanol–water partition coefficient (Wildman–Crippen LogP) is 3.11. The molecule has 4 aromatic rings. The molecule has 12 heteroatoms. The van der Waals surface area contributed by atoms with E-state index in [0.29, 0.717) is 49.7 Å². The number of aromatic nitrogens is 2. The zero-order valence-corrected chi connectivity index (χ0v) is 24.2. The zero-order chi connectivity index (χ0) is 30.5. The number of nitrogens with one attached hydrogen (secondary N) is 2. The van der Waals surface area contributed by atoms with Gasteiger partial charge in [-0.25, -0.2) is 0 Å². The van der Waals surface area contributed by atoms with Crippen LogP contribution in [0.1, 0.15) is 57.5 Å². The van der Waals surface area contributed by atoms with Crippen molar-refractivity contribution < 1.29 is 19.1 Å². The van der Waals surface area contributed by atoms with Crippen LogP contribution in [-0.2, 0) is 15.1 Å². The van der Waals surface area contributed by atoms with Gasteiger partial charge in [0.1, 0.15) is 17.0 Å². The highest BCUT2D eigenvalue weighted by Crippen LogP contribution is 2.49. The maximum Gasteiger partial charge on any atom is 0.262 e. The first-order valence-electron chi connectivity index (χ1n) is 13.9. The van der Waals surface area contributed by atoms with Crippen molar-refractivity contribution in [2.45, 2.75) is 49.9 Å². The van der Waals surface area contributed by atoms with Crippen molar-refractivity contribution in [3.05, 3.63) is 88.8 Å². The number of nitrogen functional groups attached to an aromatic ring is 1. The predicted molar refractivity (Wildman–Crippen MR) is 164 cm³/mol. The highest BCUT2D eigenvalue weighted by atomic mass is 32.1. The van der Waals surface area contributed by atoms with Crippen molar-refractivity contribution in [1.29, 1.82) is 0 Å². The standard InChI is InChI=1S/C31H31N7O4S/c1-3-23(39)37-19-6-4-7-20(19)38-30(41)28-25-24-17(10-11-18(32)27(24)43-28)31(34,29(40)26(25)33)22-12-9-16(14-36-22)42-21-8-5-13-35-15(21)2/h3,5,8-14,19-20,26H,1,4,6-7,32-34H2,2H3,(H,37,39)(H,38,41)/t19-,20+,26?,31?/m0/s1. The topological polar surface area (TPSA) is 188 Å². The first-order valence-corrected chi connectivity index (χ1v) is 14.7. The monoisotopic (exact) mass is 597 g/mol. The minimum Gasteiger partial charge on any atom is -0.454 e. The summed E-state index contributed by atoms with van der Waals surface area (Å²) >= 11 is 1.17. The number of nitrogens with two attached hydrogens (primary N) is 3. The van der Waals surface area contributed by atoms with E-state index in [0.717, 1.165) is 18.5 Å². The van der Waals surface area contributed by atoms with E-state index in [1.54, 1.807) is 42.6 Å². The summed E-state index contributed by atoms with van der Waals surface area (Å²) in [5.74, 6) is -0.156. The molecule has 2 aliphatic carbocycles. The maximum atomic E-state index is 14.0. The molecule has 0 spiro atoms. The Balaban J connectivity index is 1.37. The van der Waals surface area contributed by atoms with Crippen LogP contribution in [0.3, 0.4) is 0 Å². The molecular weight excluding hydrogens is 566 g/mol. The number of thiophene rings is 1. The number of Topliss-reactive ketones (excluding diaryl/α,β-unsaturated/α-hetero) is 1. The highest BCUT2D eigenvalue weighted by Gasteiger charge is 2.50. The number of hydrogen-bond acceptors (Lipinski definition) is 10. The molecule has 1 aromatic carbocycles. The molecule has 0 saturated heterocycles. The van der Waals surface area contributed by atoms with Crippen LogP contribution in [0.5, 0.6) is 11.5 Å². The molecule has 43 heavy (non-hydrogen) atoms. The molecule has 3 heterocycles. The highest BCUT2D eigenvalue weighted by molar-refractivity contribution is 7.21. The van der Waals surface area contributed by atoms with E-state index in [1.807, 2.05) is 6.92 Å². The number of ether oxygens (including phenoxy) is 1. The first-order chi connectivity index (χ1) is 20.6. The zero-order valence-electron chi connectivity index (χ0n) is 23.4. The van der Waals surface area contributed by atoms with Gasteiger partial charge in [0.25, 0.3) is 5.91 Å². The Morgan fingerprint density at radius 1 is 1.14 bits per heavy atom. The number of ketones is 1. The van der Waals surface area contributed by atoms with Gasteiger partial charge < -0.3 is 32.6 Å². The number of benzene rings is 1. The van der Waals surface area contributed by atoms with Crippen LogP contribution >= 0.6 is 11.3 Å². The lowest BCUT2D eigenvalue weighted by atomic mass is 9.72. The summed E-state index contributed by atoms with van der Waals surface area (Å²) in [6.07, 6.45) is 6.65. The van der Waals surface area contributed by atoms with Gasteiger partial charge in [0, 0.05) is 34.9 Å². The van der Waals surface area contributed by atoms with Crippen molar-refractivity contribution in [3.8, 4) is 11.5 Å². The second-order valence-corrected chi connectivity index (χ2v) is 11.8. The van der Waals surface area contributed by atoms with Gasteiger partial charge in [-0.3, -0.25) is 24.4 Å². The molecule has 1 fully saturated rings. The van der Waals surface area contributed by atoms with Crippen molar-refractivity contribution in [3.63, 3.8) is 0 Å². The number of carbonyl (C=O) groups is 3. The van der Waals surface area contributed by atoms with Crippen LogP contribution < -0.4 is 32.6 Å². The van der Waals surface area contributed by atoms with E-state index in [9.17, 15) is 14.4 Å². The minimum absolute atomic E-state index is 0.229. The largest absolute Gasteiger partial charge is 0.454 e. The number of nitrogens with zero attached hydrogens (tertiary/aromatic N) is 2. The molecular formula is C31H31N7O4S. The second-order valence-electron chi connectivity index (χ2n) is 10.8. The molecule has 220 valence electrons. The van der Waals surface area contributed by atoms with Gasteiger partial charge in [-0.15, -0.1) is 11.3 Å². The molecule has 6 rings (SSSR count). The van der Waals surface area contributed by atoms with Gasteiger partial charge in [-0.05, 0) is 68.2 Å². The summed E-state index contributed by atoms with van der Waals surface area (Å²) in [6, 6.07) is 8.54. The lowest BCUT2D eigenvalue weighted by molar-refractivity contribution is -0.124. The Labute approximate surface area is 251 Å². The fourth-order valence-electron chi connectivity index (χ4n) is 5.97. The van der Waals surface area contributed by atoms with E-state index >= 15 is 0 Å². The Morgan fingerprint density at radius 2 is 1.91 bits per heavy atom. The lowest BCUT2D eigenvalue weighted by Crippen LogP contribution is -2.53. The first kappa shape index (κ1) is 28.5. The van der Waals surface area contributed by atoms with Crippen LogP contribution in [0, 0.1) is 6.92 Å². The molecule has 0 bridgehead atoms. The number of amides is 2. The fourth-order valence-corrected chi connectivity index (χ4v) is 7.18. The fraction of sp³-hybridized carbons (Fsp3) is 0.258. The third-order valence-electron chi connectivity index (χ3n) is 8.19. The van der Waals surface area contributed by atoms with E-state index in [-0.39, 0.29) is 29.6 Å². The Kier molecular flexibility index (Phi) is 7.20. The van der Waals surface area contributed by atoms with Crippen molar-refractivity contribution in [1.82, 2.24) is 20.6 Å². The molecule has 3 aromatic heterocycles. The van der Waals surface area contributed by atoms with E-state index in [4.69, 9.17) is 21.9 Å².